The molecule has 1 aliphatic rings. The minimum absolute atomic E-state index is 0.225. The van der Waals surface area contributed by atoms with Gasteiger partial charge in [-0.25, -0.2) is 0 Å². The van der Waals surface area contributed by atoms with Crippen LogP contribution in [0, 0.1) is 0 Å². The molecule has 3 nitrogen and oxygen atoms in total. The highest BCUT2D eigenvalue weighted by atomic mass is 16.6. The van der Waals surface area contributed by atoms with Gasteiger partial charge in [-0.15, -0.1) is 0 Å². The van der Waals surface area contributed by atoms with E-state index < -0.39 is 5.79 Å². The van der Waals surface area contributed by atoms with E-state index >= 15 is 0 Å². The monoisotopic (exact) mass is 116 g/mol. The molecule has 1 N–H and O–H groups in total. The molecule has 0 aromatic rings. The molecule has 8 heavy (non-hydrogen) atoms. The second kappa shape index (κ2) is 1.53. The van der Waals surface area contributed by atoms with E-state index in [1.165, 1.54) is 6.92 Å². The van der Waals surface area contributed by atoms with Gasteiger partial charge in [0.1, 0.15) is 0 Å². The minimum Gasteiger partial charge on any atom is -0.360 e. The lowest BCUT2D eigenvalue weighted by Crippen LogP contribution is -2.30. The molecule has 1 atom stereocenters. The molecule has 0 aromatic carbocycles. The molecule has 3 heteroatoms. The van der Waals surface area contributed by atoms with Crippen LogP contribution in [-0.2, 0) is 9.53 Å². The third-order valence-corrected chi connectivity index (χ3v) is 1.23. The van der Waals surface area contributed by atoms with Gasteiger partial charge in [0.2, 0.25) is 5.79 Å². The number of rotatable bonds is 0. The van der Waals surface area contributed by atoms with Crippen LogP contribution in [0.25, 0.3) is 0 Å². The Morgan fingerprint density at radius 2 is 2.50 bits per heavy atom. The fourth-order valence-electron chi connectivity index (χ4n) is 0.655. The van der Waals surface area contributed by atoms with Gasteiger partial charge in [0, 0.05) is 6.42 Å². The molecular weight excluding hydrogens is 108 g/mol. The summed E-state index contributed by atoms with van der Waals surface area (Å²) in [5, 5.41) is 8.89. The molecule has 46 valence electrons. The normalized spacial score (nSPS) is 38.5. The molecular formula is C5H8O3. The van der Waals surface area contributed by atoms with Crippen LogP contribution in [0.2, 0.25) is 0 Å². The predicted molar refractivity (Wildman–Crippen MR) is 26.2 cm³/mol. The third kappa shape index (κ3) is 0.743. The van der Waals surface area contributed by atoms with Crippen LogP contribution in [0.4, 0.5) is 0 Å². The highest BCUT2D eigenvalue weighted by Crippen LogP contribution is 2.16. The average molecular weight is 116 g/mol. The second-order valence-corrected chi connectivity index (χ2v) is 2.00. The summed E-state index contributed by atoms with van der Waals surface area (Å²) in [7, 11) is 0. The van der Waals surface area contributed by atoms with Crippen LogP contribution in [-0.4, -0.2) is 23.3 Å². The van der Waals surface area contributed by atoms with Gasteiger partial charge in [0.05, 0.1) is 6.61 Å². The first-order valence-corrected chi connectivity index (χ1v) is 2.52. The summed E-state index contributed by atoms with van der Waals surface area (Å²) < 4.78 is 4.66. The molecule has 0 aliphatic carbocycles. The Balaban J connectivity index is 2.68. The number of ketones is 1. The van der Waals surface area contributed by atoms with Crippen LogP contribution in [0.1, 0.15) is 13.3 Å². The first-order chi connectivity index (χ1) is 3.63. The Bertz CT molecular complexity index is 117. The molecule has 0 amide bonds. The van der Waals surface area contributed by atoms with Gasteiger partial charge in [-0.05, 0) is 6.92 Å². The van der Waals surface area contributed by atoms with Crippen LogP contribution < -0.4 is 0 Å². The molecule has 1 aliphatic heterocycles. The van der Waals surface area contributed by atoms with E-state index in [2.05, 4.69) is 4.74 Å². The molecule has 0 spiro atoms. The molecule has 1 rings (SSSR count). The Hall–Kier alpha value is -0.410. The molecule has 0 bridgehead atoms. The van der Waals surface area contributed by atoms with Crippen molar-refractivity contribution in [1.29, 1.82) is 0 Å². The standard InChI is InChI=1S/C5H8O3/c1-5(7)4(6)2-3-8-5/h7H,2-3H2,1H3. The summed E-state index contributed by atoms with van der Waals surface area (Å²) in [6.07, 6.45) is 0.340. The van der Waals surface area contributed by atoms with Crippen molar-refractivity contribution >= 4 is 5.78 Å². The van der Waals surface area contributed by atoms with E-state index in [4.69, 9.17) is 5.11 Å². The Kier molecular flexibility index (Phi) is 1.10. The Morgan fingerprint density at radius 1 is 1.88 bits per heavy atom. The van der Waals surface area contributed by atoms with E-state index in [0.717, 1.165) is 0 Å². The van der Waals surface area contributed by atoms with Crippen molar-refractivity contribution in [2.24, 2.45) is 0 Å². The molecule has 1 unspecified atom stereocenters. The smallest absolute Gasteiger partial charge is 0.223 e. The van der Waals surface area contributed by atoms with E-state index in [-0.39, 0.29) is 5.78 Å². The third-order valence-electron chi connectivity index (χ3n) is 1.23. The van der Waals surface area contributed by atoms with Crippen LogP contribution in [0.3, 0.4) is 0 Å². The summed E-state index contributed by atoms with van der Waals surface area (Å²) in [5.41, 5.74) is 0. The number of Topliss-reactive ketones (excluding diaryl/α,β-unsaturated/α-hetero) is 1. The SMILES string of the molecule is CC1(O)OCCC1=O. The fraction of sp³-hybridized carbons (Fsp3) is 0.800. The Morgan fingerprint density at radius 3 is 2.62 bits per heavy atom. The van der Waals surface area contributed by atoms with Gasteiger partial charge in [-0.2, -0.15) is 0 Å². The predicted octanol–water partition coefficient (Wildman–Crippen LogP) is -0.316. The van der Waals surface area contributed by atoms with Crippen molar-refractivity contribution in [3.63, 3.8) is 0 Å². The molecule has 0 saturated carbocycles. The maximum absolute atomic E-state index is 10.5. The topological polar surface area (TPSA) is 46.5 Å². The second-order valence-electron chi connectivity index (χ2n) is 2.00. The number of hydrogen-bond acceptors (Lipinski definition) is 3. The summed E-state index contributed by atoms with van der Waals surface area (Å²) in [6.45, 7) is 1.72. The minimum atomic E-state index is -1.49. The highest BCUT2D eigenvalue weighted by Gasteiger charge is 2.35. The number of ether oxygens (including phenoxy) is 1. The largest absolute Gasteiger partial charge is 0.360 e. The fourth-order valence-corrected chi connectivity index (χ4v) is 0.655. The summed E-state index contributed by atoms with van der Waals surface area (Å²) in [6, 6.07) is 0. The summed E-state index contributed by atoms with van der Waals surface area (Å²) >= 11 is 0. The maximum atomic E-state index is 10.5. The quantitative estimate of drug-likeness (QED) is 0.472. The van der Waals surface area contributed by atoms with Crippen molar-refractivity contribution in [2.45, 2.75) is 19.1 Å². The molecule has 1 fully saturated rings. The molecule has 1 saturated heterocycles. The number of hydrogen-bond donors (Lipinski definition) is 1. The number of carbonyl (C=O) groups is 1. The molecule has 0 radical (unpaired) electrons. The van der Waals surface area contributed by atoms with E-state index in [0.29, 0.717) is 13.0 Å². The maximum Gasteiger partial charge on any atom is 0.223 e. The average Bonchev–Trinajstić information content (AvgIpc) is 1.86. The summed E-state index contributed by atoms with van der Waals surface area (Å²) in [5.74, 6) is -1.71. The van der Waals surface area contributed by atoms with Gasteiger partial charge in [-0.1, -0.05) is 0 Å². The van der Waals surface area contributed by atoms with Crippen molar-refractivity contribution in [3.05, 3.63) is 0 Å². The molecule has 0 aromatic heterocycles. The first kappa shape index (κ1) is 5.72. The lowest BCUT2D eigenvalue weighted by Gasteiger charge is -2.11. The molecule has 1 heterocycles. The van der Waals surface area contributed by atoms with E-state index in [9.17, 15) is 4.79 Å². The first-order valence-electron chi connectivity index (χ1n) is 2.52. The lowest BCUT2D eigenvalue weighted by atomic mass is 10.2. The van der Waals surface area contributed by atoms with Gasteiger partial charge in [0.15, 0.2) is 5.78 Å². The van der Waals surface area contributed by atoms with Crippen LogP contribution >= 0.6 is 0 Å². The zero-order valence-electron chi connectivity index (χ0n) is 4.68. The van der Waals surface area contributed by atoms with Crippen molar-refractivity contribution in [2.75, 3.05) is 6.61 Å². The zero-order chi connectivity index (χ0) is 6.20. The van der Waals surface area contributed by atoms with Crippen LogP contribution in [0.15, 0.2) is 0 Å². The summed E-state index contributed by atoms with van der Waals surface area (Å²) in [4.78, 5) is 10.5. The van der Waals surface area contributed by atoms with Gasteiger partial charge in [-0.3, -0.25) is 4.79 Å². The van der Waals surface area contributed by atoms with E-state index in [1.54, 1.807) is 0 Å². The van der Waals surface area contributed by atoms with Crippen molar-refractivity contribution < 1.29 is 14.6 Å². The van der Waals surface area contributed by atoms with Crippen molar-refractivity contribution in [1.82, 2.24) is 0 Å². The number of aliphatic hydroxyl groups is 1. The van der Waals surface area contributed by atoms with Gasteiger partial charge >= 0.3 is 0 Å². The van der Waals surface area contributed by atoms with Crippen molar-refractivity contribution in [3.8, 4) is 0 Å². The Labute approximate surface area is 47.3 Å². The van der Waals surface area contributed by atoms with Crippen LogP contribution in [0.5, 0.6) is 0 Å². The van der Waals surface area contributed by atoms with Gasteiger partial charge in [0.25, 0.3) is 0 Å². The van der Waals surface area contributed by atoms with Gasteiger partial charge < -0.3 is 9.84 Å². The van der Waals surface area contributed by atoms with E-state index in [1.807, 2.05) is 0 Å². The zero-order valence-corrected chi connectivity index (χ0v) is 4.68. The highest BCUT2D eigenvalue weighted by molar-refractivity contribution is 5.86. The number of carbonyl (C=O) groups excluding carboxylic acids is 1. The lowest BCUT2D eigenvalue weighted by molar-refractivity contribution is -0.173.